The molecule has 3 N–H and O–H groups in total. The molecule has 4 rings (SSSR count). The van der Waals surface area contributed by atoms with Crippen molar-refractivity contribution in [3.05, 3.63) is 102 Å². The molecular weight excluding hydrogens is 394 g/mol. The van der Waals surface area contributed by atoms with Crippen LogP contribution >= 0.6 is 0 Å². The highest BCUT2D eigenvalue weighted by atomic mass is 16.5. The number of pyridine rings is 1. The monoisotopic (exact) mass is 413 g/mol. The van der Waals surface area contributed by atoms with Crippen LogP contribution in [0.15, 0.2) is 91.3 Å². The Kier molecular flexibility index (Phi) is 5.99. The first-order chi connectivity index (χ1) is 15.2. The summed E-state index contributed by atoms with van der Waals surface area (Å²) in [5.41, 5.74) is 0.945. The van der Waals surface area contributed by atoms with Crippen LogP contribution in [-0.2, 0) is 4.79 Å². The number of para-hydroxylation sites is 1. The van der Waals surface area contributed by atoms with E-state index >= 15 is 0 Å². The van der Waals surface area contributed by atoms with Crippen molar-refractivity contribution >= 4 is 17.6 Å². The van der Waals surface area contributed by atoms with Crippen LogP contribution < -0.4 is 15.4 Å². The lowest BCUT2D eigenvalue weighted by molar-refractivity contribution is -0.118. The van der Waals surface area contributed by atoms with E-state index in [2.05, 4.69) is 25.8 Å². The minimum Gasteiger partial charge on any atom is -0.439 e. The number of hydrogen-bond acceptors (Lipinski definition) is 5. The standard InChI is InChI=1S/C23H19N5O3/c29-22(17-11-12-20(24-15-17)31-18-9-5-2-6-10-18)27-21(16-7-3-1-4-8-16)23(30)26-19-13-14-25-28-19/h1-15,21H,(H,27,29)(H2,25,26,28,30). The fourth-order valence-electron chi connectivity index (χ4n) is 2.87. The number of aromatic nitrogens is 3. The zero-order valence-electron chi connectivity index (χ0n) is 16.4. The van der Waals surface area contributed by atoms with Crippen molar-refractivity contribution in [2.45, 2.75) is 6.04 Å². The molecule has 0 radical (unpaired) electrons. The molecule has 0 saturated heterocycles. The van der Waals surface area contributed by atoms with Gasteiger partial charge < -0.3 is 15.4 Å². The highest BCUT2D eigenvalue weighted by Gasteiger charge is 2.24. The first-order valence-corrected chi connectivity index (χ1v) is 9.54. The van der Waals surface area contributed by atoms with Crippen molar-refractivity contribution in [2.24, 2.45) is 0 Å². The minimum absolute atomic E-state index is 0.302. The van der Waals surface area contributed by atoms with Crippen molar-refractivity contribution in [3.8, 4) is 11.6 Å². The van der Waals surface area contributed by atoms with Crippen molar-refractivity contribution in [2.75, 3.05) is 5.32 Å². The van der Waals surface area contributed by atoms with Crippen LogP contribution in [-0.4, -0.2) is 27.0 Å². The van der Waals surface area contributed by atoms with Gasteiger partial charge in [0.2, 0.25) is 5.88 Å². The zero-order chi connectivity index (χ0) is 21.5. The average molecular weight is 413 g/mol. The Labute approximate surface area is 178 Å². The predicted octanol–water partition coefficient (Wildman–Crippen LogP) is 3.71. The van der Waals surface area contributed by atoms with Crippen LogP contribution in [0.5, 0.6) is 11.6 Å². The van der Waals surface area contributed by atoms with Crippen molar-refractivity contribution in [3.63, 3.8) is 0 Å². The number of nitrogens with zero attached hydrogens (tertiary/aromatic N) is 2. The first kappa shape index (κ1) is 19.8. The summed E-state index contributed by atoms with van der Waals surface area (Å²) in [6.45, 7) is 0. The molecule has 1 atom stereocenters. The summed E-state index contributed by atoms with van der Waals surface area (Å²) in [5, 5.41) is 11.9. The van der Waals surface area contributed by atoms with Crippen molar-refractivity contribution < 1.29 is 14.3 Å². The summed E-state index contributed by atoms with van der Waals surface area (Å²) in [4.78, 5) is 29.8. The molecule has 0 aliphatic heterocycles. The van der Waals surface area contributed by atoms with Gasteiger partial charge in [-0.05, 0) is 23.8 Å². The number of benzene rings is 2. The molecule has 8 heteroatoms. The lowest BCUT2D eigenvalue weighted by Crippen LogP contribution is -2.37. The normalized spacial score (nSPS) is 11.4. The van der Waals surface area contributed by atoms with Gasteiger partial charge in [0, 0.05) is 18.3 Å². The summed E-state index contributed by atoms with van der Waals surface area (Å²) in [6.07, 6.45) is 2.93. The number of H-pyrrole nitrogens is 1. The van der Waals surface area contributed by atoms with E-state index in [0.717, 1.165) is 0 Å². The van der Waals surface area contributed by atoms with Crippen LogP contribution in [0, 0.1) is 0 Å². The largest absolute Gasteiger partial charge is 0.439 e. The molecule has 31 heavy (non-hydrogen) atoms. The SMILES string of the molecule is O=C(NC(C(=O)Nc1ccn[nH]1)c1ccccc1)c1ccc(Oc2ccccc2)nc1. The van der Waals surface area contributed by atoms with E-state index in [1.54, 1.807) is 42.5 Å². The lowest BCUT2D eigenvalue weighted by atomic mass is 10.1. The van der Waals surface area contributed by atoms with Crippen LogP contribution in [0.1, 0.15) is 22.0 Å². The second-order valence-corrected chi connectivity index (χ2v) is 6.58. The third-order valence-corrected chi connectivity index (χ3v) is 4.39. The third-order valence-electron chi connectivity index (χ3n) is 4.39. The van der Waals surface area contributed by atoms with Gasteiger partial charge in [0.1, 0.15) is 17.6 Å². The van der Waals surface area contributed by atoms with Gasteiger partial charge >= 0.3 is 0 Å². The summed E-state index contributed by atoms with van der Waals surface area (Å²) in [7, 11) is 0. The molecule has 154 valence electrons. The number of ether oxygens (including phenoxy) is 1. The Morgan fingerprint density at radius 3 is 2.29 bits per heavy atom. The molecule has 8 nitrogen and oxygen atoms in total. The third kappa shape index (κ3) is 5.13. The van der Waals surface area contributed by atoms with Gasteiger partial charge in [-0.15, -0.1) is 0 Å². The molecule has 0 aliphatic carbocycles. The fourth-order valence-corrected chi connectivity index (χ4v) is 2.87. The Morgan fingerprint density at radius 2 is 1.65 bits per heavy atom. The lowest BCUT2D eigenvalue weighted by Gasteiger charge is -2.18. The van der Waals surface area contributed by atoms with E-state index in [1.165, 1.54) is 12.4 Å². The van der Waals surface area contributed by atoms with E-state index in [0.29, 0.717) is 28.6 Å². The summed E-state index contributed by atoms with van der Waals surface area (Å²) < 4.78 is 5.64. The number of anilines is 1. The van der Waals surface area contributed by atoms with Gasteiger partial charge in [-0.25, -0.2) is 4.98 Å². The molecular formula is C23H19N5O3. The van der Waals surface area contributed by atoms with Crippen LogP contribution in [0.25, 0.3) is 0 Å². The molecule has 0 spiro atoms. The maximum atomic E-state index is 12.8. The maximum Gasteiger partial charge on any atom is 0.253 e. The second-order valence-electron chi connectivity index (χ2n) is 6.58. The van der Waals surface area contributed by atoms with E-state index in [4.69, 9.17) is 4.74 Å². The van der Waals surface area contributed by atoms with E-state index in [-0.39, 0.29) is 0 Å². The molecule has 1 unspecified atom stereocenters. The van der Waals surface area contributed by atoms with Gasteiger partial charge in [-0.1, -0.05) is 48.5 Å². The molecule has 0 fully saturated rings. The van der Waals surface area contributed by atoms with E-state index in [1.807, 2.05) is 36.4 Å². The highest BCUT2D eigenvalue weighted by molar-refractivity contribution is 6.01. The number of amides is 2. The molecule has 2 aromatic heterocycles. The number of hydrogen-bond donors (Lipinski definition) is 3. The average Bonchev–Trinajstić information content (AvgIpc) is 3.32. The van der Waals surface area contributed by atoms with Crippen LogP contribution in [0.4, 0.5) is 5.82 Å². The number of aromatic amines is 1. The van der Waals surface area contributed by atoms with Gasteiger partial charge in [0.25, 0.3) is 11.8 Å². The smallest absolute Gasteiger partial charge is 0.253 e. The Balaban J connectivity index is 1.48. The number of carbonyl (C=O) groups excluding carboxylic acids is 2. The predicted molar refractivity (Wildman–Crippen MR) is 115 cm³/mol. The second kappa shape index (κ2) is 9.36. The van der Waals surface area contributed by atoms with E-state index < -0.39 is 17.9 Å². The van der Waals surface area contributed by atoms with E-state index in [9.17, 15) is 9.59 Å². The molecule has 0 bridgehead atoms. The fraction of sp³-hybridized carbons (Fsp3) is 0.0435. The summed E-state index contributed by atoms with van der Waals surface area (Å²) in [6, 6.07) is 22.1. The summed E-state index contributed by atoms with van der Waals surface area (Å²) >= 11 is 0. The number of carbonyl (C=O) groups is 2. The van der Waals surface area contributed by atoms with Gasteiger partial charge in [-0.2, -0.15) is 5.10 Å². The number of rotatable bonds is 7. The first-order valence-electron chi connectivity index (χ1n) is 9.54. The minimum atomic E-state index is -0.905. The van der Waals surface area contributed by atoms with Crippen LogP contribution in [0.3, 0.4) is 0 Å². The molecule has 0 aliphatic rings. The van der Waals surface area contributed by atoms with Gasteiger partial charge in [0.15, 0.2) is 0 Å². The topological polar surface area (TPSA) is 109 Å². The summed E-state index contributed by atoms with van der Waals surface area (Å²) in [5.74, 6) is 0.601. The van der Waals surface area contributed by atoms with Gasteiger partial charge in [-0.3, -0.25) is 14.7 Å². The molecule has 2 aromatic carbocycles. The maximum absolute atomic E-state index is 12.8. The quantitative estimate of drug-likeness (QED) is 0.428. The Bertz CT molecular complexity index is 1130. The van der Waals surface area contributed by atoms with Crippen molar-refractivity contribution in [1.82, 2.24) is 20.5 Å². The number of nitrogens with one attached hydrogen (secondary N) is 3. The van der Waals surface area contributed by atoms with Crippen LogP contribution in [0.2, 0.25) is 0 Å². The highest BCUT2D eigenvalue weighted by Crippen LogP contribution is 2.20. The van der Waals surface area contributed by atoms with Gasteiger partial charge in [0.05, 0.1) is 11.8 Å². The molecule has 2 heterocycles. The Morgan fingerprint density at radius 1 is 0.903 bits per heavy atom. The molecule has 0 saturated carbocycles. The molecule has 2 amide bonds. The van der Waals surface area contributed by atoms with Crippen molar-refractivity contribution in [1.29, 1.82) is 0 Å². The Hall–Kier alpha value is -4.46. The zero-order valence-corrected chi connectivity index (χ0v) is 16.4. The molecule has 4 aromatic rings.